The fourth-order valence-corrected chi connectivity index (χ4v) is 2.39. The van der Waals surface area contributed by atoms with Crippen LogP contribution in [-0.4, -0.2) is 29.9 Å². The average Bonchev–Trinajstić information content (AvgIpc) is 3.03. The normalized spacial score (nSPS) is 10.7. The van der Waals surface area contributed by atoms with Gasteiger partial charge in [0.25, 0.3) is 5.69 Å². The number of aryl methyl sites for hydroxylation is 1. The Balaban J connectivity index is 1.64. The first-order valence-electron chi connectivity index (χ1n) is 7.46. The summed E-state index contributed by atoms with van der Waals surface area (Å²) in [6, 6.07) is 3.99. The number of aromatic nitrogens is 5. The smallest absolute Gasteiger partial charge is 0.271 e. The second-order valence-electron chi connectivity index (χ2n) is 5.40. The quantitative estimate of drug-likeness (QED) is 0.511. The highest BCUT2D eigenvalue weighted by Crippen LogP contribution is 2.29. The number of non-ortho nitro benzene ring substituents is 1. The van der Waals surface area contributed by atoms with Crippen LogP contribution in [0.15, 0.2) is 30.6 Å². The highest BCUT2D eigenvalue weighted by Gasteiger charge is 2.11. The third-order valence-electron chi connectivity index (χ3n) is 3.44. The summed E-state index contributed by atoms with van der Waals surface area (Å²) in [5.41, 5.74) is 7.04. The SMILES string of the molecule is Cc1ncc(Cn2cc(COc3ccc([N+](=O)[O-])cc3Cl)nn2)c(N)n1. The van der Waals surface area contributed by atoms with Gasteiger partial charge in [-0.3, -0.25) is 10.1 Å². The Hall–Kier alpha value is -3.27. The predicted octanol–water partition coefficient (Wildman–Crippen LogP) is 2.15. The maximum absolute atomic E-state index is 10.7. The van der Waals surface area contributed by atoms with E-state index in [1.54, 1.807) is 24.0 Å². The minimum absolute atomic E-state index is 0.105. The first-order valence-corrected chi connectivity index (χ1v) is 7.84. The van der Waals surface area contributed by atoms with Gasteiger partial charge in [-0.15, -0.1) is 5.10 Å². The molecule has 11 heteroatoms. The van der Waals surface area contributed by atoms with Crippen LogP contribution in [0.1, 0.15) is 17.1 Å². The van der Waals surface area contributed by atoms with Crippen LogP contribution in [0.25, 0.3) is 0 Å². The van der Waals surface area contributed by atoms with Crippen molar-refractivity contribution >= 4 is 23.1 Å². The van der Waals surface area contributed by atoms with Gasteiger partial charge < -0.3 is 10.5 Å². The standard InChI is InChI=1S/C15H14ClN7O3/c1-9-18-5-10(15(17)19-9)6-22-7-11(20-21-22)8-26-14-3-2-12(23(24)25)4-13(14)16/h2-5,7H,6,8H2,1H3,(H2,17,18,19). The van der Waals surface area contributed by atoms with Crippen molar-refractivity contribution in [2.75, 3.05) is 5.73 Å². The molecule has 2 N–H and O–H groups in total. The molecule has 2 aromatic heterocycles. The van der Waals surface area contributed by atoms with E-state index in [0.717, 1.165) is 5.56 Å². The molecule has 10 nitrogen and oxygen atoms in total. The van der Waals surface area contributed by atoms with E-state index in [1.807, 2.05) is 0 Å². The first-order chi connectivity index (χ1) is 12.4. The van der Waals surface area contributed by atoms with Crippen molar-refractivity contribution in [3.05, 3.63) is 62.8 Å². The molecular formula is C15H14ClN7O3. The Morgan fingerprint density at radius 3 is 2.92 bits per heavy atom. The fourth-order valence-electron chi connectivity index (χ4n) is 2.16. The summed E-state index contributed by atoms with van der Waals surface area (Å²) in [7, 11) is 0. The van der Waals surface area contributed by atoms with Gasteiger partial charge in [0.1, 0.15) is 29.7 Å². The molecule has 0 unspecified atom stereocenters. The summed E-state index contributed by atoms with van der Waals surface area (Å²) in [5, 5.41) is 18.9. The van der Waals surface area contributed by atoms with Gasteiger partial charge in [-0.25, -0.2) is 14.6 Å². The summed E-state index contributed by atoms with van der Waals surface area (Å²) < 4.78 is 7.12. The number of nitro benzene ring substituents is 1. The van der Waals surface area contributed by atoms with Crippen LogP contribution < -0.4 is 10.5 Å². The molecule has 2 heterocycles. The lowest BCUT2D eigenvalue weighted by atomic mass is 10.3. The van der Waals surface area contributed by atoms with Crippen LogP contribution in [0, 0.1) is 17.0 Å². The lowest BCUT2D eigenvalue weighted by Crippen LogP contribution is -2.07. The van der Waals surface area contributed by atoms with Gasteiger partial charge in [-0.05, 0) is 13.0 Å². The number of rotatable bonds is 6. The Morgan fingerprint density at radius 2 is 2.23 bits per heavy atom. The maximum atomic E-state index is 10.7. The zero-order valence-electron chi connectivity index (χ0n) is 13.7. The fraction of sp³-hybridized carbons (Fsp3) is 0.200. The number of nitrogens with zero attached hydrogens (tertiary/aromatic N) is 6. The highest BCUT2D eigenvalue weighted by atomic mass is 35.5. The van der Waals surface area contributed by atoms with Gasteiger partial charge in [0, 0.05) is 23.9 Å². The van der Waals surface area contributed by atoms with Crippen molar-refractivity contribution in [3.63, 3.8) is 0 Å². The number of halogens is 1. The molecule has 0 saturated heterocycles. The second kappa shape index (κ2) is 7.31. The van der Waals surface area contributed by atoms with Crippen molar-refractivity contribution in [1.82, 2.24) is 25.0 Å². The molecule has 0 aliphatic rings. The Bertz CT molecular complexity index is 960. The van der Waals surface area contributed by atoms with Crippen LogP contribution in [0.3, 0.4) is 0 Å². The highest BCUT2D eigenvalue weighted by molar-refractivity contribution is 6.32. The molecular weight excluding hydrogens is 362 g/mol. The molecule has 0 radical (unpaired) electrons. The number of hydrogen-bond acceptors (Lipinski definition) is 8. The van der Waals surface area contributed by atoms with E-state index in [1.165, 1.54) is 18.2 Å². The molecule has 26 heavy (non-hydrogen) atoms. The number of benzene rings is 1. The molecule has 0 amide bonds. The third kappa shape index (κ3) is 4.03. The van der Waals surface area contributed by atoms with Crippen LogP contribution in [0.5, 0.6) is 5.75 Å². The van der Waals surface area contributed by atoms with Gasteiger partial charge in [0.2, 0.25) is 0 Å². The molecule has 0 atom stereocenters. The molecule has 0 bridgehead atoms. The van der Waals surface area contributed by atoms with Crippen molar-refractivity contribution in [2.24, 2.45) is 0 Å². The molecule has 0 spiro atoms. The van der Waals surface area contributed by atoms with Crippen LogP contribution >= 0.6 is 11.6 Å². The maximum Gasteiger partial charge on any atom is 0.271 e. The van der Waals surface area contributed by atoms with Crippen molar-refractivity contribution in [2.45, 2.75) is 20.1 Å². The number of ether oxygens (including phenoxy) is 1. The summed E-state index contributed by atoms with van der Waals surface area (Å²) in [6.45, 7) is 2.24. The Labute approximate surface area is 152 Å². The summed E-state index contributed by atoms with van der Waals surface area (Å²) in [6.07, 6.45) is 3.34. The molecule has 0 saturated carbocycles. The minimum Gasteiger partial charge on any atom is -0.486 e. The van der Waals surface area contributed by atoms with Crippen LogP contribution in [0.2, 0.25) is 5.02 Å². The lowest BCUT2D eigenvalue weighted by Gasteiger charge is -2.06. The number of anilines is 1. The van der Waals surface area contributed by atoms with E-state index in [9.17, 15) is 10.1 Å². The number of hydrogen-bond donors (Lipinski definition) is 1. The monoisotopic (exact) mass is 375 g/mol. The lowest BCUT2D eigenvalue weighted by molar-refractivity contribution is -0.384. The number of nitro groups is 1. The summed E-state index contributed by atoms with van der Waals surface area (Å²) in [4.78, 5) is 18.4. The van der Waals surface area contributed by atoms with Crippen molar-refractivity contribution in [3.8, 4) is 5.75 Å². The van der Waals surface area contributed by atoms with Gasteiger partial charge in [-0.1, -0.05) is 16.8 Å². The second-order valence-corrected chi connectivity index (χ2v) is 5.80. The zero-order chi connectivity index (χ0) is 18.7. The number of nitrogens with two attached hydrogens (primary N) is 1. The largest absolute Gasteiger partial charge is 0.486 e. The van der Waals surface area contributed by atoms with E-state index in [-0.39, 0.29) is 17.3 Å². The van der Waals surface area contributed by atoms with Gasteiger partial charge in [-0.2, -0.15) is 0 Å². The van der Waals surface area contributed by atoms with E-state index in [4.69, 9.17) is 22.1 Å². The predicted molar refractivity (Wildman–Crippen MR) is 92.7 cm³/mol. The van der Waals surface area contributed by atoms with E-state index in [2.05, 4.69) is 20.3 Å². The van der Waals surface area contributed by atoms with Crippen LogP contribution in [0.4, 0.5) is 11.5 Å². The average molecular weight is 376 g/mol. The Morgan fingerprint density at radius 1 is 1.42 bits per heavy atom. The molecule has 1 aromatic carbocycles. The van der Waals surface area contributed by atoms with Gasteiger partial charge in [0.05, 0.1) is 22.7 Å². The molecule has 3 rings (SSSR count). The van der Waals surface area contributed by atoms with E-state index < -0.39 is 4.92 Å². The summed E-state index contributed by atoms with van der Waals surface area (Å²) in [5.74, 6) is 1.31. The minimum atomic E-state index is -0.526. The molecule has 0 aliphatic carbocycles. The van der Waals surface area contributed by atoms with Crippen LogP contribution in [-0.2, 0) is 13.2 Å². The molecule has 3 aromatic rings. The molecule has 0 fully saturated rings. The topological polar surface area (TPSA) is 135 Å². The first kappa shape index (κ1) is 17.5. The van der Waals surface area contributed by atoms with Crippen molar-refractivity contribution in [1.29, 1.82) is 0 Å². The van der Waals surface area contributed by atoms with Gasteiger partial charge >= 0.3 is 0 Å². The molecule has 134 valence electrons. The third-order valence-corrected chi connectivity index (χ3v) is 3.73. The van der Waals surface area contributed by atoms with Gasteiger partial charge in [0.15, 0.2) is 0 Å². The van der Waals surface area contributed by atoms with E-state index in [0.29, 0.717) is 29.6 Å². The molecule has 0 aliphatic heterocycles. The van der Waals surface area contributed by atoms with Crippen molar-refractivity contribution < 1.29 is 9.66 Å². The summed E-state index contributed by atoms with van der Waals surface area (Å²) >= 11 is 5.98. The Kier molecular flexibility index (Phi) is 4.94. The van der Waals surface area contributed by atoms with E-state index >= 15 is 0 Å². The zero-order valence-corrected chi connectivity index (χ0v) is 14.4. The number of nitrogen functional groups attached to an aromatic ring is 1.